The molecule has 1 fully saturated rings. The van der Waals surface area contributed by atoms with Gasteiger partial charge in [0, 0.05) is 13.1 Å². The van der Waals surface area contributed by atoms with Gasteiger partial charge in [0.05, 0.1) is 0 Å². The highest BCUT2D eigenvalue weighted by Crippen LogP contribution is 2.21. The second-order valence-electron chi connectivity index (χ2n) is 5.24. The SMILES string of the molecule is O=C(NOCC(F)(F)F)N1CCC(Cc2ccc(F)cc2)C1. The minimum Gasteiger partial charge on any atom is -0.323 e. The molecule has 1 aliphatic heterocycles. The van der Waals surface area contributed by atoms with Crippen molar-refractivity contribution in [1.29, 1.82) is 0 Å². The predicted molar refractivity (Wildman–Crippen MR) is 70.3 cm³/mol. The summed E-state index contributed by atoms with van der Waals surface area (Å²) in [6.45, 7) is -0.642. The number of nitrogens with zero attached hydrogens (tertiary/aromatic N) is 1. The first kappa shape index (κ1) is 16.5. The Balaban J connectivity index is 1.75. The molecule has 0 saturated carbocycles. The summed E-state index contributed by atoms with van der Waals surface area (Å²) in [5.41, 5.74) is 2.75. The summed E-state index contributed by atoms with van der Waals surface area (Å²) in [4.78, 5) is 17.2. The topological polar surface area (TPSA) is 41.6 Å². The Hall–Kier alpha value is -1.83. The molecule has 1 N–H and O–H groups in total. The standard InChI is InChI=1S/C14H16F4N2O2/c15-12-3-1-10(2-4-12)7-11-5-6-20(8-11)13(21)19-22-9-14(16,17)18/h1-4,11H,5-9H2,(H,19,21). The fraction of sp³-hybridized carbons (Fsp3) is 0.500. The molecule has 1 atom stereocenters. The molecule has 1 heterocycles. The van der Waals surface area contributed by atoms with Crippen LogP contribution in [-0.2, 0) is 11.3 Å². The van der Waals surface area contributed by atoms with Crippen molar-refractivity contribution in [3.8, 4) is 0 Å². The molecule has 1 aliphatic rings. The van der Waals surface area contributed by atoms with E-state index in [2.05, 4.69) is 4.84 Å². The van der Waals surface area contributed by atoms with Gasteiger partial charge in [0.1, 0.15) is 5.82 Å². The number of alkyl halides is 3. The zero-order chi connectivity index (χ0) is 16.2. The summed E-state index contributed by atoms with van der Waals surface area (Å²) in [6, 6.07) is 5.44. The number of benzene rings is 1. The van der Waals surface area contributed by atoms with Gasteiger partial charge in [0.2, 0.25) is 0 Å². The van der Waals surface area contributed by atoms with E-state index in [0.717, 1.165) is 12.0 Å². The van der Waals surface area contributed by atoms with Crippen molar-refractivity contribution in [2.24, 2.45) is 5.92 Å². The number of hydrogen-bond donors (Lipinski definition) is 1. The van der Waals surface area contributed by atoms with Gasteiger partial charge < -0.3 is 4.90 Å². The molecule has 22 heavy (non-hydrogen) atoms. The molecule has 0 aliphatic carbocycles. The van der Waals surface area contributed by atoms with E-state index in [1.807, 2.05) is 0 Å². The zero-order valence-corrected chi connectivity index (χ0v) is 11.7. The summed E-state index contributed by atoms with van der Waals surface area (Å²) in [5.74, 6) is -0.114. The number of amides is 2. The van der Waals surface area contributed by atoms with Crippen molar-refractivity contribution in [3.63, 3.8) is 0 Å². The second-order valence-corrected chi connectivity index (χ2v) is 5.24. The van der Waals surface area contributed by atoms with Gasteiger partial charge in [-0.3, -0.25) is 4.84 Å². The number of carbonyl (C=O) groups excluding carboxylic acids is 1. The quantitative estimate of drug-likeness (QED) is 0.685. The maximum Gasteiger partial charge on any atom is 0.414 e. The average molecular weight is 320 g/mol. The lowest BCUT2D eigenvalue weighted by atomic mass is 9.99. The third-order valence-corrected chi connectivity index (χ3v) is 3.41. The van der Waals surface area contributed by atoms with Crippen LogP contribution in [0.5, 0.6) is 0 Å². The van der Waals surface area contributed by atoms with E-state index < -0.39 is 18.8 Å². The minimum atomic E-state index is -4.48. The number of nitrogens with one attached hydrogen (secondary N) is 1. The summed E-state index contributed by atoms with van der Waals surface area (Å²) in [5, 5.41) is 0. The highest BCUT2D eigenvalue weighted by molar-refractivity contribution is 5.73. The molecule has 0 radical (unpaired) electrons. The van der Waals surface area contributed by atoms with Gasteiger partial charge >= 0.3 is 12.2 Å². The van der Waals surface area contributed by atoms with Crippen LogP contribution in [0.3, 0.4) is 0 Å². The number of likely N-dealkylation sites (tertiary alicyclic amines) is 1. The molecule has 4 nitrogen and oxygen atoms in total. The van der Waals surface area contributed by atoms with Crippen molar-refractivity contribution < 1.29 is 27.2 Å². The Morgan fingerprint density at radius 3 is 2.64 bits per heavy atom. The summed E-state index contributed by atoms with van der Waals surface area (Å²) in [6.07, 6.45) is -3.05. The van der Waals surface area contributed by atoms with E-state index in [0.29, 0.717) is 19.5 Å². The first-order valence-corrected chi connectivity index (χ1v) is 6.81. The molecule has 2 amide bonds. The largest absolute Gasteiger partial charge is 0.414 e. The normalized spacial score (nSPS) is 18.5. The van der Waals surface area contributed by atoms with Gasteiger partial charge in [-0.2, -0.15) is 13.2 Å². The van der Waals surface area contributed by atoms with Gasteiger partial charge in [0.25, 0.3) is 0 Å². The number of hydroxylamine groups is 1. The van der Waals surface area contributed by atoms with Crippen LogP contribution in [0.4, 0.5) is 22.4 Å². The van der Waals surface area contributed by atoms with Crippen LogP contribution in [0, 0.1) is 11.7 Å². The molecule has 1 saturated heterocycles. The highest BCUT2D eigenvalue weighted by atomic mass is 19.4. The molecular formula is C14H16F4N2O2. The lowest BCUT2D eigenvalue weighted by Crippen LogP contribution is -2.40. The monoisotopic (exact) mass is 320 g/mol. The number of urea groups is 1. The summed E-state index contributed by atoms with van der Waals surface area (Å²) < 4.78 is 48.5. The molecular weight excluding hydrogens is 304 g/mol. The predicted octanol–water partition coefficient (Wildman–Crippen LogP) is 2.89. The number of halogens is 4. The Morgan fingerprint density at radius 2 is 2.00 bits per heavy atom. The first-order chi connectivity index (χ1) is 10.3. The molecule has 122 valence electrons. The fourth-order valence-corrected chi connectivity index (χ4v) is 2.38. The van der Waals surface area contributed by atoms with Gasteiger partial charge in [0.15, 0.2) is 6.61 Å². The summed E-state index contributed by atoms with van der Waals surface area (Å²) in [7, 11) is 0. The molecule has 2 rings (SSSR count). The van der Waals surface area contributed by atoms with Crippen LogP contribution < -0.4 is 5.48 Å². The van der Waals surface area contributed by atoms with Crippen LogP contribution in [-0.4, -0.2) is 36.8 Å². The number of hydrogen-bond acceptors (Lipinski definition) is 2. The molecule has 8 heteroatoms. The van der Waals surface area contributed by atoms with Gasteiger partial charge in [-0.1, -0.05) is 12.1 Å². The van der Waals surface area contributed by atoms with Crippen LogP contribution in [0.15, 0.2) is 24.3 Å². The zero-order valence-electron chi connectivity index (χ0n) is 11.7. The van der Waals surface area contributed by atoms with E-state index >= 15 is 0 Å². The van der Waals surface area contributed by atoms with Gasteiger partial charge in [-0.25, -0.2) is 14.7 Å². The molecule has 0 spiro atoms. The maximum absolute atomic E-state index is 12.8. The van der Waals surface area contributed by atoms with E-state index in [1.165, 1.54) is 17.0 Å². The third kappa shape index (κ3) is 5.18. The van der Waals surface area contributed by atoms with Crippen molar-refractivity contribution in [2.75, 3.05) is 19.7 Å². The molecule has 1 unspecified atom stereocenters. The average Bonchev–Trinajstić information content (AvgIpc) is 2.88. The molecule has 1 aromatic rings. The van der Waals surface area contributed by atoms with Gasteiger partial charge in [-0.15, -0.1) is 0 Å². The lowest BCUT2D eigenvalue weighted by molar-refractivity contribution is -0.184. The van der Waals surface area contributed by atoms with Gasteiger partial charge in [-0.05, 0) is 36.5 Å². The maximum atomic E-state index is 12.8. The van der Waals surface area contributed by atoms with E-state index in [-0.39, 0.29) is 11.7 Å². The van der Waals surface area contributed by atoms with E-state index in [4.69, 9.17) is 0 Å². The van der Waals surface area contributed by atoms with Crippen LogP contribution >= 0.6 is 0 Å². The fourth-order valence-electron chi connectivity index (χ4n) is 2.38. The van der Waals surface area contributed by atoms with Crippen molar-refractivity contribution in [2.45, 2.75) is 19.0 Å². The van der Waals surface area contributed by atoms with Crippen molar-refractivity contribution in [1.82, 2.24) is 10.4 Å². The smallest absolute Gasteiger partial charge is 0.323 e. The third-order valence-electron chi connectivity index (χ3n) is 3.41. The van der Waals surface area contributed by atoms with Crippen molar-refractivity contribution >= 4 is 6.03 Å². The number of rotatable bonds is 4. The van der Waals surface area contributed by atoms with Crippen LogP contribution in [0.1, 0.15) is 12.0 Å². The lowest BCUT2D eigenvalue weighted by Gasteiger charge is -2.17. The summed E-state index contributed by atoms with van der Waals surface area (Å²) >= 11 is 0. The molecule has 0 aromatic heterocycles. The van der Waals surface area contributed by atoms with E-state index in [9.17, 15) is 22.4 Å². The second kappa shape index (κ2) is 6.95. The minimum absolute atomic E-state index is 0.193. The number of carbonyl (C=O) groups is 1. The Bertz CT molecular complexity index is 505. The molecule has 1 aromatic carbocycles. The molecule has 0 bridgehead atoms. The van der Waals surface area contributed by atoms with Crippen LogP contribution in [0.2, 0.25) is 0 Å². The van der Waals surface area contributed by atoms with Crippen LogP contribution in [0.25, 0.3) is 0 Å². The van der Waals surface area contributed by atoms with Crippen molar-refractivity contribution in [3.05, 3.63) is 35.6 Å². The first-order valence-electron chi connectivity index (χ1n) is 6.81. The Kier molecular flexibility index (Phi) is 5.23. The Labute approximate surface area is 125 Å². The Morgan fingerprint density at radius 1 is 1.32 bits per heavy atom. The van der Waals surface area contributed by atoms with E-state index in [1.54, 1.807) is 17.6 Å². The highest BCUT2D eigenvalue weighted by Gasteiger charge is 2.30.